The Kier molecular flexibility index (Phi) is 4.92. The fourth-order valence-corrected chi connectivity index (χ4v) is 2.29. The summed E-state index contributed by atoms with van der Waals surface area (Å²) < 4.78 is 31.1. The molecular formula is C11H18N2O3S. The van der Waals surface area contributed by atoms with E-state index in [-0.39, 0.29) is 17.5 Å². The predicted molar refractivity (Wildman–Crippen MR) is 66.4 cm³/mol. The molecule has 3 N–H and O–H groups in total. The van der Waals surface area contributed by atoms with Gasteiger partial charge < -0.3 is 10.5 Å². The summed E-state index contributed by atoms with van der Waals surface area (Å²) in [6.45, 7) is 2.15. The maximum absolute atomic E-state index is 11.8. The molecule has 0 saturated heterocycles. The standard InChI is InChI=1S/C11H18N2O3S/c1-3-9(12)8-13-17(14,15)11-6-4-10(16-2)5-7-11/h4-7,9,13H,3,8,12H2,1-2H3. The monoisotopic (exact) mass is 258 g/mol. The number of hydrogen-bond acceptors (Lipinski definition) is 4. The lowest BCUT2D eigenvalue weighted by atomic mass is 10.2. The third-order valence-corrected chi connectivity index (χ3v) is 3.87. The van der Waals surface area contributed by atoms with Gasteiger partial charge in [-0.2, -0.15) is 0 Å². The van der Waals surface area contributed by atoms with E-state index in [0.717, 1.165) is 6.42 Å². The Bertz CT molecular complexity index is 442. The minimum absolute atomic E-state index is 0.164. The van der Waals surface area contributed by atoms with Crippen LogP contribution in [0.15, 0.2) is 29.2 Å². The maximum atomic E-state index is 11.8. The molecule has 0 bridgehead atoms. The molecule has 6 heteroatoms. The van der Waals surface area contributed by atoms with Crippen molar-refractivity contribution in [3.05, 3.63) is 24.3 Å². The lowest BCUT2D eigenvalue weighted by molar-refractivity contribution is 0.414. The van der Waals surface area contributed by atoms with E-state index in [0.29, 0.717) is 5.75 Å². The topological polar surface area (TPSA) is 81.4 Å². The third-order valence-electron chi connectivity index (χ3n) is 2.43. The molecule has 0 aliphatic carbocycles. The van der Waals surface area contributed by atoms with Crippen LogP contribution in [0.5, 0.6) is 5.75 Å². The molecule has 96 valence electrons. The molecule has 0 fully saturated rings. The molecular weight excluding hydrogens is 240 g/mol. The van der Waals surface area contributed by atoms with E-state index in [4.69, 9.17) is 10.5 Å². The molecule has 0 aliphatic rings. The largest absolute Gasteiger partial charge is 0.497 e. The molecule has 1 aromatic rings. The highest BCUT2D eigenvalue weighted by Gasteiger charge is 2.14. The number of ether oxygens (including phenoxy) is 1. The summed E-state index contributed by atoms with van der Waals surface area (Å²) in [4.78, 5) is 0.210. The first kappa shape index (κ1) is 14.0. The van der Waals surface area contributed by atoms with E-state index in [9.17, 15) is 8.42 Å². The molecule has 0 heterocycles. The quantitative estimate of drug-likeness (QED) is 0.787. The fourth-order valence-electron chi connectivity index (χ4n) is 1.20. The first-order chi connectivity index (χ1) is 7.99. The minimum Gasteiger partial charge on any atom is -0.497 e. The van der Waals surface area contributed by atoms with Crippen molar-refractivity contribution in [2.75, 3.05) is 13.7 Å². The summed E-state index contributed by atoms with van der Waals surface area (Å²) in [7, 11) is -1.95. The SMILES string of the molecule is CCC(N)CNS(=O)(=O)c1ccc(OC)cc1. The van der Waals surface area contributed by atoms with Crippen molar-refractivity contribution in [2.24, 2.45) is 5.73 Å². The van der Waals surface area contributed by atoms with Crippen molar-refractivity contribution in [1.29, 1.82) is 0 Å². The first-order valence-electron chi connectivity index (χ1n) is 5.39. The number of benzene rings is 1. The zero-order chi connectivity index (χ0) is 12.9. The highest BCUT2D eigenvalue weighted by Crippen LogP contribution is 2.15. The Morgan fingerprint density at radius 2 is 1.94 bits per heavy atom. The summed E-state index contributed by atoms with van der Waals surface area (Å²) in [6.07, 6.45) is 0.727. The predicted octanol–water partition coefficient (Wildman–Crippen LogP) is 0.711. The Morgan fingerprint density at radius 3 is 2.41 bits per heavy atom. The van der Waals surface area contributed by atoms with Crippen LogP contribution in [0.1, 0.15) is 13.3 Å². The number of sulfonamides is 1. The molecule has 17 heavy (non-hydrogen) atoms. The van der Waals surface area contributed by atoms with Crippen LogP contribution in [0.4, 0.5) is 0 Å². The second kappa shape index (κ2) is 6.00. The van der Waals surface area contributed by atoms with Gasteiger partial charge in [-0.25, -0.2) is 13.1 Å². The van der Waals surface area contributed by atoms with Gasteiger partial charge in [0.25, 0.3) is 0 Å². The molecule has 0 aromatic heterocycles. The van der Waals surface area contributed by atoms with E-state index in [1.54, 1.807) is 12.1 Å². The van der Waals surface area contributed by atoms with E-state index < -0.39 is 10.0 Å². The van der Waals surface area contributed by atoms with Crippen molar-refractivity contribution >= 4 is 10.0 Å². The van der Waals surface area contributed by atoms with E-state index in [1.165, 1.54) is 19.2 Å². The van der Waals surface area contributed by atoms with E-state index in [1.807, 2.05) is 6.92 Å². The maximum Gasteiger partial charge on any atom is 0.240 e. The van der Waals surface area contributed by atoms with Gasteiger partial charge in [-0.15, -0.1) is 0 Å². The summed E-state index contributed by atoms with van der Waals surface area (Å²) in [5.74, 6) is 0.620. The van der Waals surface area contributed by atoms with Crippen LogP contribution in [-0.4, -0.2) is 28.1 Å². The normalized spacial score (nSPS) is 13.4. The molecule has 1 aromatic carbocycles. The summed E-state index contributed by atoms with van der Waals surface area (Å²) in [5, 5.41) is 0. The van der Waals surface area contributed by atoms with E-state index in [2.05, 4.69) is 4.72 Å². The van der Waals surface area contributed by atoms with Crippen molar-refractivity contribution in [2.45, 2.75) is 24.3 Å². The lowest BCUT2D eigenvalue weighted by Crippen LogP contribution is -2.36. The molecule has 5 nitrogen and oxygen atoms in total. The number of nitrogens with one attached hydrogen (secondary N) is 1. The van der Waals surface area contributed by atoms with Gasteiger partial charge in [0, 0.05) is 12.6 Å². The Morgan fingerprint density at radius 1 is 1.35 bits per heavy atom. The molecule has 1 atom stereocenters. The second-order valence-corrected chi connectivity index (χ2v) is 5.46. The fraction of sp³-hybridized carbons (Fsp3) is 0.455. The Labute approximate surface area is 102 Å². The van der Waals surface area contributed by atoms with Crippen LogP contribution in [-0.2, 0) is 10.0 Å². The van der Waals surface area contributed by atoms with Gasteiger partial charge in [0.05, 0.1) is 12.0 Å². The minimum atomic E-state index is -3.48. The number of hydrogen-bond donors (Lipinski definition) is 2. The second-order valence-electron chi connectivity index (χ2n) is 3.70. The van der Waals surface area contributed by atoms with Crippen molar-refractivity contribution in [3.63, 3.8) is 0 Å². The van der Waals surface area contributed by atoms with Gasteiger partial charge in [-0.3, -0.25) is 0 Å². The van der Waals surface area contributed by atoms with Crippen LogP contribution in [0.2, 0.25) is 0 Å². The molecule has 0 saturated carbocycles. The Balaban J connectivity index is 2.75. The molecule has 1 unspecified atom stereocenters. The van der Waals surface area contributed by atoms with Gasteiger partial charge >= 0.3 is 0 Å². The molecule has 1 rings (SSSR count). The lowest BCUT2D eigenvalue weighted by Gasteiger charge is -2.11. The smallest absolute Gasteiger partial charge is 0.240 e. The highest BCUT2D eigenvalue weighted by atomic mass is 32.2. The molecule has 0 aliphatic heterocycles. The van der Waals surface area contributed by atoms with Gasteiger partial charge in [0.1, 0.15) is 5.75 Å². The number of rotatable bonds is 6. The average molecular weight is 258 g/mol. The zero-order valence-electron chi connectivity index (χ0n) is 10.0. The highest BCUT2D eigenvalue weighted by molar-refractivity contribution is 7.89. The number of nitrogens with two attached hydrogens (primary N) is 1. The average Bonchev–Trinajstić information content (AvgIpc) is 2.36. The van der Waals surface area contributed by atoms with Gasteiger partial charge in [-0.05, 0) is 30.7 Å². The zero-order valence-corrected chi connectivity index (χ0v) is 10.8. The molecule has 0 spiro atoms. The van der Waals surface area contributed by atoms with Crippen LogP contribution in [0, 0.1) is 0 Å². The van der Waals surface area contributed by atoms with Gasteiger partial charge in [0.2, 0.25) is 10.0 Å². The third kappa shape index (κ3) is 3.99. The molecule has 0 radical (unpaired) electrons. The molecule has 0 amide bonds. The summed E-state index contributed by atoms with van der Waals surface area (Å²) >= 11 is 0. The summed E-state index contributed by atoms with van der Waals surface area (Å²) in [5.41, 5.74) is 5.66. The number of methoxy groups -OCH3 is 1. The van der Waals surface area contributed by atoms with Crippen molar-refractivity contribution in [1.82, 2.24) is 4.72 Å². The van der Waals surface area contributed by atoms with Crippen LogP contribution < -0.4 is 15.2 Å². The van der Waals surface area contributed by atoms with Crippen LogP contribution in [0.25, 0.3) is 0 Å². The van der Waals surface area contributed by atoms with Crippen molar-refractivity contribution in [3.8, 4) is 5.75 Å². The van der Waals surface area contributed by atoms with Gasteiger partial charge in [0.15, 0.2) is 0 Å². The van der Waals surface area contributed by atoms with Gasteiger partial charge in [-0.1, -0.05) is 6.92 Å². The van der Waals surface area contributed by atoms with Crippen molar-refractivity contribution < 1.29 is 13.2 Å². The summed E-state index contributed by atoms with van der Waals surface area (Å²) in [6, 6.07) is 6.04. The van der Waals surface area contributed by atoms with E-state index >= 15 is 0 Å². The first-order valence-corrected chi connectivity index (χ1v) is 6.87. The van der Waals surface area contributed by atoms with Crippen LogP contribution in [0.3, 0.4) is 0 Å². The Hall–Kier alpha value is -1.11. The van der Waals surface area contributed by atoms with Crippen LogP contribution >= 0.6 is 0 Å².